The molecule has 1 heterocycles. The highest BCUT2D eigenvalue weighted by Crippen LogP contribution is 2.21. The first-order valence-electron chi connectivity index (χ1n) is 8.60. The number of nitrogens with one attached hydrogen (secondary N) is 1. The minimum absolute atomic E-state index is 0.0355. The van der Waals surface area contributed by atoms with E-state index in [1.165, 1.54) is 6.07 Å². The number of benzene rings is 1. The fourth-order valence-electron chi connectivity index (χ4n) is 2.81. The van der Waals surface area contributed by atoms with Crippen molar-refractivity contribution >= 4 is 41.0 Å². The topological polar surface area (TPSA) is 75.7 Å². The highest BCUT2D eigenvalue weighted by Gasteiger charge is 2.25. The lowest BCUT2D eigenvalue weighted by molar-refractivity contribution is -0.145. The van der Waals surface area contributed by atoms with Gasteiger partial charge in [0.1, 0.15) is 0 Å². The lowest BCUT2D eigenvalue weighted by atomic mass is 10.0. The maximum absolute atomic E-state index is 12.4. The fraction of sp³-hybridized carbons (Fsp3) is 0.500. The van der Waals surface area contributed by atoms with E-state index in [1.54, 1.807) is 24.0 Å². The van der Waals surface area contributed by atoms with Crippen molar-refractivity contribution in [3.05, 3.63) is 33.8 Å². The molecule has 1 aromatic carbocycles. The van der Waals surface area contributed by atoms with E-state index in [2.05, 4.69) is 5.32 Å². The number of piperidine rings is 1. The summed E-state index contributed by atoms with van der Waals surface area (Å²) in [7, 11) is 0. The van der Waals surface area contributed by atoms with Crippen molar-refractivity contribution in [2.45, 2.75) is 38.6 Å². The molecule has 6 nitrogen and oxygen atoms in total. The molecule has 0 saturated carbocycles. The zero-order chi connectivity index (χ0) is 19.1. The first kappa shape index (κ1) is 20.5. The first-order valence-corrected chi connectivity index (χ1v) is 9.35. The Morgan fingerprint density at radius 2 is 1.88 bits per heavy atom. The van der Waals surface area contributed by atoms with Crippen molar-refractivity contribution in [1.29, 1.82) is 0 Å². The number of hydrogen-bond donors (Lipinski definition) is 1. The van der Waals surface area contributed by atoms with Crippen LogP contribution in [0.2, 0.25) is 10.0 Å². The lowest BCUT2D eigenvalue weighted by Crippen LogP contribution is -2.46. The molecule has 1 aliphatic heterocycles. The van der Waals surface area contributed by atoms with Crippen molar-refractivity contribution in [1.82, 2.24) is 10.2 Å². The van der Waals surface area contributed by atoms with Gasteiger partial charge in [-0.05, 0) is 38.0 Å². The van der Waals surface area contributed by atoms with Gasteiger partial charge in [0.25, 0.3) is 5.91 Å². The Kier molecular flexibility index (Phi) is 7.72. The summed E-state index contributed by atoms with van der Waals surface area (Å²) in [4.78, 5) is 37.5. The minimum atomic E-state index is -0.360. The first-order chi connectivity index (χ1) is 12.4. The molecule has 0 bridgehead atoms. The Morgan fingerprint density at radius 3 is 2.54 bits per heavy atom. The quantitative estimate of drug-likeness (QED) is 0.744. The summed E-state index contributed by atoms with van der Waals surface area (Å²) in [5.41, 5.74) is 0.340. The molecule has 1 aromatic rings. The lowest BCUT2D eigenvalue weighted by Gasteiger charge is -2.32. The standard InChI is InChI=1S/C18H22Cl2N2O4/c1-2-26-17(24)6-5-16(23)22-9-7-13(8-10-22)21-18(25)14-11-12(19)3-4-15(14)20/h3-4,11,13H,2,5-10H2,1H3,(H,21,25). The van der Waals surface area contributed by atoms with Gasteiger partial charge < -0.3 is 15.0 Å². The number of likely N-dealkylation sites (tertiary alicyclic amines) is 1. The van der Waals surface area contributed by atoms with Crippen LogP contribution in [0.25, 0.3) is 0 Å². The number of esters is 1. The number of halogens is 2. The second-order valence-electron chi connectivity index (χ2n) is 6.06. The summed E-state index contributed by atoms with van der Waals surface area (Å²) >= 11 is 12.0. The van der Waals surface area contributed by atoms with Gasteiger partial charge in [0.2, 0.25) is 5.91 Å². The van der Waals surface area contributed by atoms with Crippen LogP contribution in [0.5, 0.6) is 0 Å². The van der Waals surface area contributed by atoms with Gasteiger partial charge in [-0.1, -0.05) is 23.2 Å². The molecule has 26 heavy (non-hydrogen) atoms. The Bertz CT molecular complexity index is 673. The Hall–Kier alpha value is -1.79. The van der Waals surface area contributed by atoms with E-state index in [9.17, 15) is 14.4 Å². The van der Waals surface area contributed by atoms with Crippen LogP contribution >= 0.6 is 23.2 Å². The summed E-state index contributed by atoms with van der Waals surface area (Å²) in [6.07, 6.45) is 1.54. The van der Waals surface area contributed by atoms with Gasteiger partial charge in [-0.15, -0.1) is 0 Å². The molecule has 0 aliphatic carbocycles. The van der Waals surface area contributed by atoms with Gasteiger partial charge in [-0.2, -0.15) is 0 Å². The zero-order valence-corrected chi connectivity index (χ0v) is 16.1. The summed E-state index contributed by atoms with van der Waals surface area (Å²) in [6.45, 7) is 3.12. The molecule has 0 aromatic heterocycles. The predicted molar refractivity (Wildman–Crippen MR) is 99.4 cm³/mol. The van der Waals surface area contributed by atoms with Gasteiger partial charge in [0.05, 0.1) is 23.6 Å². The molecular weight excluding hydrogens is 379 g/mol. The smallest absolute Gasteiger partial charge is 0.306 e. The number of carbonyl (C=O) groups excluding carboxylic acids is 3. The number of ether oxygens (including phenoxy) is 1. The second kappa shape index (κ2) is 9.78. The second-order valence-corrected chi connectivity index (χ2v) is 6.90. The zero-order valence-electron chi connectivity index (χ0n) is 14.6. The Labute approximate surface area is 162 Å². The molecule has 8 heteroatoms. The van der Waals surface area contributed by atoms with E-state index in [1.807, 2.05) is 0 Å². The van der Waals surface area contributed by atoms with E-state index in [0.717, 1.165) is 0 Å². The average molecular weight is 401 g/mol. The molecule has 142 valence electrons. The molecule has 0 unspecified atom stereocenters. The Balaban J connectivity index is 1.79. The van der Waals surface area contributed by atoms with E-state index < -0.39 is 0 Å². The summed E-state index contributed by atoms with van der Waals surface area (Å²) in [5, 5.41) is 3.73. The molecule has 0 spiro atoms. The highest BCUT2D eigenvalue weighted by atomic mass is 35.5. The van der Waals surface area contributed by atoms with E-state index in [0.29, 0.717) is 48.1 Å². The van der Waals surface area contributed by atoms with Crippen LogP contribution < -0.4 is 5.32 Å². The monoisotopic (exact) mass is 400 g/mol. The molecule has 1 saturated heterocycles. The third-order valence-electron chi connectivity index (χ3n) is 4.20. The van der Waals surface area contributed by atoms with Crippen LogP contribution in [-0.4, -0.2) is 48.4 Å². The maximum atomic E-state index is 12.4. The van der Waals surface area contributed by atoms with Crippen molar-refractivity contribution in [2.75, 3.05) is 19.7 Å². The third kappa shape index (κ3) is 5.88. The number of rotatable bonds is 6. The minimum Gasteiger partial charge on any atom is -0.466 e. The van der Waals surface area contributed by atoms with Crippen molar-refractivity contribution in [2.24, 2.45) is 0 Å². The molecule has 0 atom stereocenters. The van der Waals surface area contributed by atoms with Crippen LogP contribution in [0.4, 0.5) is 0 Å². The van der Waals surface area contributed by atoms with Crippen LogP contribution in [0.3, 0.4) is 0 Å². The molecule has 0 radical (unpaired) electrons. The normalized spacial score (nSPS) is 14.8. The fourth-order valence-corrected chi connectivity index (χ4v) is 3.18. The summed E-state index contributed by atoms with van der Waals surface area (Å²) < 4.78 is 4.82. The number of hydrogen-bond acceptors (Lipinski definition) is 4. The van der Waals surface area contributed by atoms with Crippen LogP contribution in [0.15, 0.2) is 18.2 Å². The summed E-state index contributed by atoms with van der Waals surface area (Å²) in [6, 6.07) is 4.71. The van der Waals surface area contributed by atoms with Gasteiger partial charge in [0, 0.05) is 30.6 Å². The van der Waals surface area contributed by atoms with E-state index in [-0.39, 0.29) is 36.7 Å². The maximum Gasteiger partial charge on any atom is 0.306 e. The van der Waals surface area contributed by atoms with Gasteiger partial charge in [-0.25, -0.2) is 0 Å². The SMILES string of the molecule is CCOC(=O)CCC(=O)N1CCC(NC(=O)c2cc(Cl)ccc2Cl)CC1. The van der Waals surface area contributed by atoms with Crippen molar-refractivity contribution in [3.63, 3.8) is 0 Å². The molecule has 1 fully saturated rings. The van der Waals surface area contributed by atoms with Gasteiger partial charge in [0.15, 0.2) is 0 Å². The third-order valence-corrected chi connectivity index (χ3v) is 4.77. The molecule has 1 aliphatic rings. The predicted octanol–water partition coefficient (Wildman–Crippen LogP) is 3.06. The van der Waals surface area contributed by atoms with Gasteiger partial charge in [-0.3, -0.25) is 14.4 Å². The molecule has 1 N–H and O–H groups in total. The Morgan fingerprint density at radius 1 is 1.19 bits per heavy atom. The molecular formula is C18H22Cl2N2O4. The van der Waals surface area contributed by atoms with Crippen LogP contribution in [0.1, 0.15) is 43.0 Å². The summed E-state index contributed by atoms with van der Waals surface area (Å²) in [5.74, 6) is -0.702. The van der Waals surface area contributed by atoms with Crippen molar-refractivity contribution in [3.8, 4) is 0 Å². The van der Waals surface area contributed by atoms with Crippen LogP contribution in [-0.2, 0) is 14.3 Å². The number of amides is 2. The average Bonchev–Trinajstić information content (AvgIpc) is 2.62. The molecule has 2 rings (SSSR count). The largest absolute Gasteiger partial charge is 0.466 e. The van der Waals surface area contributed by atoms with Crippen molar-refractivity contribution < 1.29 is 19.1 Å². The van der Waals surface area contributed by atoms with Gasteiger partial charge >= 0.3 is 5.97 Å². The molecule has 2 amide bonds. The highest BCUT2D eigenvalue weighted by molar-refractivity contribution is 6.35. The van der Waals surface area contributed by atoms with E-state index in [4.69, 9.17) is 27.9 Å². The number of nitrogens with zero attached hydrogens (tertiary/aromatic N) is 1. The number of carbonyl (C=O) groups is 3. The van der Waals surface area contributed by atoms with E-state index >= 15 is 0 Å². The van der Waals surface area contributed by atoms with Crippen LogP contribution in [0, 0.1) is 0 Å².